The zero-order chi connectivity index (χ0) is 13.9. The van der Waals surface area contributed by atoms with Gasteiger partial charge in [0.15, 0.2) is 0 Å². The third-order valence-corrected chi connectivity index (χ3v) is 3.94. The molecule has 2 aromatic carbocycles. The minimum absolute atomic E-state index is 0.0223. The second kappa shape index (κ2) is 5.55. The average molecular weight is 269 g/mol. The van der Waals surface area contributed by atoms with Crippen molar-refractivity contribution in [3.8, 4) is 11.5 Å². The van der Waals surface area contributed by atoms with Gasteiger partial charge in [0.1, 0.15) is 11.5 Å². The van der Waals surface area contributed by atoms with E-state index in [9.17, 15) is 0 Å². The Kier molecular flexibility index (Phi) is 3.61. The fraction of sp³-hybridized carbons (Fsp3) is 0.294. The number of fused-ring (bicyclic) bond motifs is 1. The number of benzene rings is 2. The summed E-state index contributed by atoms with van der Waals surface area (Å²) in [6.07, 6.45) is 0.949. The van der Waals surface area contributed by atoms with Gasteiger partial charge < -0.3 is 15.2 Å². The first-order valence-corrected chi connectivity index (χ1v) is 6.91. The minimum Gasteiger partial charge on any atom is -0.497 e. The van der Waals surface area contributed by atoms with Crippen molar-refractivity contribution < 1.29 is 9.47 Å². The maximum Gasteiger partial charge on any atom is 0.122 e. The summed E-state index contributed by atoms with van der Waals surface area (Å²) in [6, 6.07) is 16.2. The molecular weight excluding hydrogens is 250 g/mol. The van der Waals surface area contributed by atoms with E-state index in [1.54, 1.807) is 7.11 Å². The van der Waals surface area contributed by atoms with Gasteiger partial charge in [-0.1, -0.05) is 30.3 Å². The van der Waals surface area contributed by atoms with Gasteiger partial charge in [-0.05, 0) is 35.7 Å². The van der Waals surface area contributed by atoms with Crippen LogP contribution in [0.4, 0.5) is 0 Å². The lowest BCUT2D eigenvalue weighted by molar-refractivity contribution is 0.255. The van der Waals surface area contributed by atoms with Crippen molar-refractivity contribution in [2.75, 3.05) is 13.7 Å². The molecule has 2 aromatic rings. The van der Waals surface area contributed by atoms with Gasteiger partial charge in [0, 0.05) is 12.0 Å². The Morgan fingerprint density at radius 2 is 1.90 bits per heavy atom. The number of hydrogen-bond donors (Lipinski definition) is 1. The average Bonchev–Trinajstić information content (AvgIpc) is 2.54. The first-order valence-electron chi connectivity index (χ1n) is 6.91. The molecule has 0 saturated carbocycles. The predicted octanol–water partition coefficient (Wildman–Crippen LogP) is 3.26. The second-order valence-corrected chi connectivity index (χ2v) is 5.08. The van der Waals surface area contributed by atoms with Crippen molar-refractivity contribution in [1.29, 1.82) is 0 Å². The Morgan fingerprint density at radius 1 is 1.15 bits per heavy atom. The molecule has 0 aromatic heterocycles. The molecule has 0 saturated heterocycles. The van der Waals surface area contributed by atoms with Crippen LogP contribution in [0.2, 0.25) is 0 Å². The topological polar surface area (TPSA) is 44.5 Å². The lowest BCUT2D eigenvalue weighted by atomic mass is 9.84. The standard InChI is InChI=1S/C17H19NO2/c1-19-13-8-6-12(7-9-13)17(18)15-10-11-20-16-5-3-2-4-14(15)16/h2-9,15,17H,10-11,18H2,1H3. The summed E-state index contributed by atoms with van der Waals surface area (Å²) in [5.41, 5.74) is 8.82. The van der Waals surface area contributed by atoms with E-state index in [4.69, 9.17) is 15.2 Å². The Labute approximate surface area is 119 Å². The van der Waals surface area contributed by atoms with Gasteiger partial charge in [0.2, 0.25) is 0 Å². The van der Waals surface area contributed by atoms with Crippen LogP contribution in [0.25, 0.3) is 0 Å². The highest BCUT2D eigenvalue weighted by molar-refractivity contribution is 5.40. The monoisotopic (exact) mass is 269 g/mol. The van der Waals surface area contributed by atoms with Gasteiger partial charge in [-0.15, -0.1) is 0 Å². The quantitative estimate of drug-likeness (QED) is 0.930. The smallest absolute Gasteiger partial charge is 0.122 e. The fourth-order valence-corrected chi connectivity index (χ4v) is 2.80. The molecule has 0 fully saturated rings. The highest BCUT2D eigenvalue weighted by Gasteiger charge is 2.27. The summed E-state index contributed by atoms with van der Waals surface area (Å²) in [6.45, 7) is 0.728. The highest BCUT2D eigenvalue weighted by atomic mass is 16.5. The lowest BCUT2D eigenvalue weighted by Gasteiger charge is -2.30. The Hall–Kier alpha value is -2.00. The summed E-state index contributed by atoms with van der Waals surface area (Å²) in [4.78, 5) is 0. The van der Waals surface area contributed by atoms with Crippen molar-refractivity contribution >= 4 is 0 Å². The normalized spacial score (nSPS) is 18.8. The van der Waals surface area contributed by atoms with Crippen LogP contribution in [-0.4, -0.2) is 13.7 Å². The number of para-hydroxylation sites is 1. The van der Waals surface area contributed by atoms with E-state index in [2.05, 4.69) is 6.07 Å². The molecule has 2 N–H and O–H groups in total. The van der Waals surface area contributed by atoms with Crippen LogP contribution in [0.5, 0.6) is 11.5 Å². The molecule has 1 aliphatic rings. The minimum atomic E-state index is -0.0223. The van der Waals surface area contributed by atoms with Crippen LogP contribution >= 0.6 is 0 Å². The highest BCUT2D eigenvalue weighted by Crippen LogP contribution is 2.40. The van der Waals surface area contributed by atoms with E-state index in [-0.39, 0.29) is 6.04 Å². The largest absolute Gasteiger partial charge is 0.497 e. The van der Waals surface area contributed by atoms with Gasteiger partial charge in [0.25, 0.3) is 0 Å². The number of methoxy groups -OCH3 is 1. The van der Waals surface area contributed by atoms with Crippen LogP contribution < -0.4 is 15.2 Å². The SMILES string of the molecule is COc1ccc(C(N)C2CCOc3ccccc32)cc1. The van der Waals surface area contributed by atoms with Crippen LogP contribution in [0, 0.1) is 0 Å². The van der Waals surface area contributed by atoms with E-state index in [1.165, 1.54) is 5.56 Å². The van der Waals surface area contributed by atoms with Crippen LogP contribution in [0.3, 0.4) is 0 Å². The first-order chi connectivity index (χ1) is 9.79. The number of nitrogens with two attached hydrogens (primary N) is 1. The van der Waals surface area contributed by atoms with Crippen molar-refractivity contribution in [1.82, 2.24) is 0 Å². The number of rotatable bonds is 3. The molecule has 0 bridgehead atoms. The third kappa shape index (κ3) is 2.37. The Morgan fingerprint density at radius 3 is 2.65 bits per heavy atom. The summed E-state index contributed by atoms with van der Waals surface area (Å²) < 4.78 is 10.9. The molecule has 2 atom stereocenters. The van der Waals surface area contributed by atoms with Crippen LogP contribution in [0.15, 0.2) is 48.5 Å². The Bertz CT molecular complexity index is 580. The molecule has 104 valence electrons. The van der Waals surface area contributed by atoms with Crippen LogP contribution in [-0.2, 0) is 0 Å². The Balaban J connectivity index is 1.89. The molecule has 0 spiro atoms. The zero-order valence-corrected chi connectivity index (χ0v) is 11.6. The molecule has 0 aliphatic carbocycles. The summed E-state index contributed by atoms with van der Waals surface area (Å²) >= 11 is 0. The third-order valence-electron chi connectivity index (χ3n) is 3.94. The van der Waals surface area contributed by atoms with Crippen LogP contribution in [0.1, 0.15) is 29.5 Å². The summed E-state index contributed by atoms with van der Waals surface area (Å²) in [5, 5.41) is 0. The maximum atomic E-state index is 6.48. The van der Waals surface area contributed by atoms with E-state index < -0.39 is 0 Å². The molecule has 1 aliphatic heterocycles. The molecule has 20 heavy (non-hydrogen) atoms. The van der Waals surface area contributed by atoms with Crippen molar-refractivity contribution in [3.05, 3.63) is 59.7 Å². The molecule has 1 heterocycles. The molecule has 2 unspecified atom stereocenters. The van der Waals surface area contributed by atoms with Gasteiger partial charge in [-0.25, -0.2) is 0 Å². The predicted molar refractivity (Wildman–Crippen MR) is 79.2 cm³/mol. The fourth-order valence-electron chi connectivity index (χ4n) is 2.80. The molecule has 3 rings (SSSR count). The van der Waals surface area contributed by atoms with Gasteiger partial charge in [-0.3, -0.25) is 0 Å². The number of ether oxygens (including phenoxy) is 2. The zero-order valence-electron chi connectivity index (χ0n) is 11.6. The van der Waals surface area contributed by atoms with Gasteiger partial charge in [-0.2, -0.15) is 0 Å². The van der Waals surface area contributed by atoms with Crippen molar-refractivity contribution in [2.45, 2.75) is 18.4 Å². The summed E-state index contributed by atoms with van der Waals surface area (Å²) in [7, 11) is 1.67. The van der Waals surface area contributed by atoms with Gasteiger partial charge in [0.05, 0.1) is 13.7 Å². The molecule has 0 radical (unpaired) electrons. The molecule has 3 heteroatoms. The first kappa shape index (κ1) is 13.0. The maximum absolute atomic E-state index is 6.48. The summed E-state index contributed by atoms with van der Waals surface area (Å²) in [5.74, 6) is 2.12. The molecule has 3 nitrogen and oxygen atoms in total. The van der Waals surface area contributed by atoms with Crippen molar-refractivity contribution in [2.24, 2.45) is 5.73 Å². The van der Waals surface area contributed by atoms with E-state index in [1.807, 2.05) is 42.5 Å². The second-order valence-electron chi connectivity index (χ2n) is 5.08. The van der Waals surface area contributed by atoms with E-state index >= 15 is 0 Å². The molecule has 0 amide bonds. The van der Waals surface area contributed by atoms with Gasteiger partial charge >= 0.3 is 0 Å². The number of hydrogen-bond acceptors (Lipinski definition) is 3. The lowest BCUT2D eigenvalue weighted by Crippen LogP contribution is -2.25. The van der Waals surface area contributed by atoms with Crippen molar-refractivity contribution in [3.63, 3.8) is 0 Å². The van der Waals surface area contributed by atoms with E-state index in [0.29, 0.717) is 5.92 Å². The van der Waals surface area contributed by atoms with E-state index in [0.717, 1.165) is 30.1 Å². The molecular formula is C17H19NO2.